The molecule has 1 aromatic rings. The Kier molecular flexibility index (Phi) is 5.58. The molecule has 0 spiro atoms. The molecule has 1 aromatic carbocycles. The van der Waals surface area contributed by atoms with Crippen LogP contribution in [0.3, 0.4) is 0 Å². The van der Waals surface area contributed by atoms with E-state index < -0.39 is 33.9 Å². The van der Waals surface area contributed by atoms with Crippen LogP contribution < -0.4 is 4.31 Å². The van der Waals surface area contributed by atoms with Crippen molar-refractivity contribution in [2.24, 2.45) is 0 Å². The molecule has 0 saturated carbocycles. The van der Waals surface area contributed by atoms with Crippen molar-refractivity contribution in [1.82, 2.24) is 4.90 Å². The Balaban J connectivity index is 2.25. The predicted octanol–water partition coefficient (Wildman–Crippen LogP) is 2.83. The fourth-order valence-corrected chi connectivity index (χ4v) is 3.71. The second-order valence-electron chi connectivity index (χ2n) is 6.98. The van der Waals surface area contributed by atoms with Crippen LogP contribution in [0.15, 0.2) is 24.3 Å². The van der Waals surface area contributed by atoms with Gasteiger partial charge in [0.05, 0.1) is 11.7 Å². The Morgan fingerprint density at radius 1 is 1.40 bits per heavy atom. The molecule has 0 radical (unpaired) electrons. The van der Waals surface area contributed by atoms with Gasteiger partial charge in [-0.05, 0) is 51.8 Å². The smallest absolute Gasteiger partial charge is 0.410 e. The minimum atomic E-state index is -4.63. The zero-order valence-corrected chi connectivity index (χ0v) is 15.3. The summed E-state index contributed by atoms with van der Waals surface area (Å²) in [5, 5.41) is 0. The number of hydrogen-bond acceptors (Lipinski definition) is 4. The fourth-order valence-electron chi connectivity index (χ4n) is 2.78. The molecule has 0 bridgehead atoms. The predicted molar refractivity (Wildman–Crippen MR) is 91.3 cm³/mol. The van der Waals surface area contributed by atoms with Gasteiger partial charge in [-0.15, -0.1) is 0 Å². The monoisotopic (exact) mass is 374 g/mol. The van der Waals surface area contributed by atoms with Crippen molar-refractivity contribution in [2.45, 2.75) is 45.3 Å². The largest absolute Gasteiger partial charge is 0.444 e. The third-order valence-electron chi connectivity index (χ3n) is 3.69. The van der Waals surface area contributed by atoms with E-state index in [1.165, 1.54) is 23.1 Å². The van der Waals surface area contributed by atoms with Gasteiger partial charge in [0, 0.05) is 13.1 Å². The van der Waals surface area contributed by atoms with E-state index in [9.17, 15) is 22.2 Å². The molecule has 9 heteroatoms. The number of benzene rings is 1. The molecule has 1 atom stereocenters. The number of nitrogens with zero attached hydrogens (tertiary/aromatic N) is 2. The number of anilines is 1. The molecule has 1 aliphatic rings. The zero-order valence-electron chi connectivity index (χ0n) is 14.5. The third kappa shape index (κ3) is 5.30. The first-order valence-corrected chi connectivity index (χ1v) is 9.37. The van der Waals surface area contributed by atoms with Crippen molar-refractivity contribution in [3.8, 4) is 0 Å². The highest BCUT2D eigenvalue weighted by atomic mass is 32.2. The molecule has 0 aromatic heterocycles. The first kappa shape index (κ1) is 19.5. The Bertz CT molecular complexity index is 732. The summed E-state index contributed by atoms with van der Waals surface area (Å²) in [6.07, 6.45) is 0.410. The first-order valence-electron chi connectivity index (χ1n) is 7.98. The van der Waals surface area contributed by atoms with E-state index in [1.807, 2.05) is 0 Å². The molecular weight excluding hydrogens is 351 g/mol. The minimum Gasteiger partial charge on any atom is -0.444 e. The second-order valence-corrected chi connectivity index (χ2v) is 8.26. The highest BCUT2D eigenvalue weighted by Crippen LogP contribution is 2.27. The number of piperidine rings is 1. The summed E-state index contributed by atoms with van der Waals surface area (Å²) in [5.41, 5.74) is -0.659. The Labute approximate surface area is 147 Å². The van der Waals surface area contributed by atoms with Crippen LogP contribution >= 0.6 is 0 Å². The van der Waals surface area contributed by atoms with Crippen LogP contribution in [-0.4, -0.2) is 48.7 Å². The Morgan fingerprint density at radius 2 is 2.08 bits per heavy atom. The molecule has 1 aliphatic heterocycles. The number of halogens is 1. The lowest BCUT2D eigenvalue weighted by Crippen LogP contribution is -2.52. The Hall–Kier alpha value is -1.87. The van der Waals surface area contributed by atoms with Crippen molar-refractivity contribution in [3.05, 3.63) is 30.1 Å². The van der Waals surface area contributed by atoms with Crippen LogP contribution in [0.25, 0.3) is 0 Å². The summed E-state index contributed by atoms with van der Waals surface area (Å²) in [4.78, 5) is 13.6. The van der Waals surface area contributed by atoms with Crippen molar-refractivity contribution in [2.75, 3.05) is 17.4 Å². The van der Waals surface area contributed by atoms with E-state index in [-0.39, 0.29) is 12.2 Å². The normalized spacial score (nSPS) is 18.8. The van der Waals surface area contributed by atoms with Gasteiger partial charge >= 0.3 is 16.4 Å². The van der Waals surface area contributed by atoms with Crippen LogP contribution in [-0.2, 0) is 15.0 Å². The SMILES string of the molecule is CC(C)(C)OC(=O)N1CCC[C@@H](N(c2cccc(F)c2)S(=O)(=O)O)C1. The summed E-state index contributed by atoms with van der Waals surface area (Å²) < 4.78 is 52.9. The van der Waals surface area contributed by atoms with Crippen LogP contribution in [0.1, 0.15) is 33.6 Å². The Morgan fingerprint density at radius 3 is 2.64 bits per heavy atom. The molecule has 0 aliphatic carbocycles. The van der Waals surface area contributed by atoms with Gasteiger partial charge in [0.1, 0.15) is 11.4 Å². The van der Waals surface area contributed by atoms with Gasteiger partial charge in [0.15, 0.2) is 0 Å². The molecule has 1 amide bonds. The average molecular weight is 374 g/mol. The summed E-state index contributed by atoms with van der Waals surface area (Å²) in [5.74, 6) is -0.619. The molecule has 1 fully saturated rings. The quantitative estimate of drug-likeness (QED) is 0.822. The van der Waals surface area contributed by atoms with Gasteiger partial charge < -0.3 is 9.64 Å². The molecule has 140 valence electrons. The maximum atomic E-state index is 13.5. The third-order valence-corrected chi connectivity index (χ3v) is 4.70. The first-order chi connectivity index (χ1) is 11.5. The average Bonchev–Trinajstić information content (AvgIpc) is 2.44. The fraction of sp³-hybridized carbons (Fsp3) is 0.562. The molecular formula is C16H23FN2O5S. The zero-order chi connectivity index (χ0) is 18.8. The van der Waals surface area contributed by atoms with Crippen molar-refractivity contribution in [1.29, 1.82) is 0 Å². The van der Waals surface area contributed by atoms with Crippen molar-refractivity contribution < 1.29 is 26.9 Å². The van der Waals surface area contributed by atoms with Gasteiger partial charge in [-0.1, -0.05) is 6.07 Å². The van der Waals surface area contributed by atoms with Crippen LogP contribution in [0, 0.1) is 5.82 Å². The molecule has 1 heterocycles. The molecule has 7 nitrogen and oxygen atoms in total. The van der Waals surface area contributed by atoms with E-state index in [0.29, 0.717) is 19.4 Å². The van der Waals surface area contributed by atoms with Gasteiger partial charge in [-0.25, -0.2) is 13.5 Å². The molecule has 1 saturated heterocycles. The standard InChI is InChI=1S/C16H23FN2O5S/c1-16(2,3)24-15(20)18-9-5-8-14(11-18)19(25(21,22)23)13-7-4-6-12(17)10-13/h4,6-7,10,14H,5,8-9,11H2,1-3H3,(H,21,22,23)/t14-/m1/s1. The summed E-state index contributed by atoms with van der Waals surface area (Å²) >= 11 is 0. The van der Waals surface area contributed by atoms with E-state index in [2.05, 4.69) is 0 Å². The number of likely N-dealkylation sites (tertiary alicyclic amines) is 1. The second kappa shape index (κ2) is 7.17. The van der Waals surface area contributed by atoms with Crippen molar-refractivity contribution in [3.63, 3.8) is 0 Å². The van der Waals surface area contributed by atoms with Crippen molar-refractivity contribution >= 4 is 22.1 Å². The number of carbonyl (C=O) groups excluding carboxylic acids is 1. The molecule has 0 unspecified atom stereocenters. The maximum Gasteiger partial charge on any atom is 0.410 e. The summed E-state index contributed by atoms with van der Waals surface area (Å²) in [7, 11) is -4.63. The van der Waals surface area contributed by atoms with Gasteiger partial charge in [0.25, 0.3) is 0 Å². The summed E-state index contributed by atoms with van der Waals surface area (Å²) in [6.45, 7) is 5.69. The lowest BCUT2D eigenvalue weighted by Gasteiger charge is -2.38. The van der Waals surface area contributed by atoms with E-state index in [0.717, 1.165) is 10.4 Å². The number of amides is 1. The number of rotatable bonds is 3. The van der Waals surface area contributed by atoms with E-state index in [1.54, 1.807) is 20.8 Å². The molecule has 2 rings (SSSR count). The van der Waals surface area contributed by atoms with E-state index >= 15 is 0 Å². The van der Waals surface area contributed by atoms with Crippen LogP contribution in [0.4, 0.5) is 14.9 Å². The summed E-state index contributed by atoms with van der Waals surface area (Å²) in [6, 6.07) is 4.25. The number of carbonyl (C=O) groups is 1. The molecule has 1 N–H and O–H groups in total. The van der Waals surface area contributed by atoms with Crippen LogP contribution in [0.2, 0.25) is 0 Å². The number of ether oxygens (including phenoxy) is 1. The number of hydrogen-bond donors (Lipinski definition) is 1. The lowest BCUT2D eigenvalue weighted by molar-refractivity contribution is 0.0201. The maximum absolute atomic E-state index is 13.5. The minimum absolute atomic E-state index is 0.0125. The highest BCUT2D eigenvalue weighted by molar-refractivity contribution is 7.87. The van der Waals surface area contributed by atoms with Gasteiger partial charge in [-0.2, -0.15) is 8.42 Å². The van der Waals surface area contributed by atoms with Gasteiger partial charge in [-0.3, -0.25) is 4.55 Å². The topological polar surface area (TPSA) is 87.2 Å². The van der Waals surface area contributed by atoms with E-state index in [4.69, 9.17) is 4.74 Å². The van der Waals surface area contributed by atoms with Crippen LogP contribution in [0.5, 0.6) is 0 Å². The highest BCUT2D eigenvalue weighted by Gasteiger charge is 2.35. The lowest BCUT2D eigenvalue weighted by atomic mass is 10.1. The van der Waals surface area contributed by atoms with Gasteiger partial charge in [0.2, 0.25) is 0 Å². The molecule has 25 heavy (non-hydrogen) atoms.